The number of halogens is 2. The Hall–Kier alpha value is -2.33. The van der Waals surface area contributed by atoms with Crippen molar-refractivity contribution in [1.29, 1.82) is 0 Å². The first-order valence-electron chi connectivity index (χ1n) is 9.66. The number of hydrogen-bond acceptors (Lipinski definition) is 7. The second kappa shape index (κ2) is 8.66. The molecule has 2 heterocycles. The normalized spacial score (nSPS) is 19.7. The van der Waals surface area contributed by atoms with E-state index < -0.39 is 21.8 Å². The summed E-state index contributed by atoms with van der Waals surface area (Å²) in [6, 6.07) is 10.5. The third-order valence-electron chi connectivity index (χ3n) is 5.25. The van der Waals surface area contributed by atoms with Crippen LogP contribution in [-0.2, 0) is 22.8 Å². The number of β-amino-alcohol motifs (C(OH)–C–C–N with tert-alkyl or cyclic N) is 1. The molecule has 1 aromatic heterocycles. The van der Waals surface area contributed by atoms with Gasteiger partial charge in [-0.05, 0) is 41.8 Å². The van der Waals surface area contributed by atoms with Crippen molar-refractivity contribution in [2.24, 2.45) is 0 Å². The van der Waals surface area contributed by atoms with Gasteiger partial charge in [-0.1, -0.05) is 35.0 Å². The van der Waals surface area contributed by atoms with Crippen LogP contribution in [0.25, 0.3) is 0 Å². The molecule has 4 rings (SSSR count). The Bertz CT molecular complexity index is 1180. The molecule has 0 spiro atoms. The highest BCUT2D eigenvalue weighted by atomic mass is 35.5. The second-order valence-corrected chi connectivity index (χ2v) is 10.1. The highest BCUT2D eigenvalue weighted by molar-refractivity contribution is 7.90. The van der Waals surface area contributed by atoms with E-state index in [9.17, 15) is 17.9 Å². The summed E-state index contributed by atoms with van der Waals surface area (Å²) in [5.74, 6) is 0.391. The Morgan fingerprint density at radius 2 is 2.00 bits per heavy atom. The van der Waals surface area contributed by atoms with Crippen LogP contribution in [0.1, 0.15) is 35.3 Å². The third kappa shape index (κ3) is 5.12. The second-order valence-electron chi connectivity index (χ2n) is 7.71. The van der Waals surface area contributed by atoms with E-state index in [4.69, 9.17) is 16.1 Å². The van der Waals surface area contributed by atoms with Crippen LogP contribution in [0, 0.1) is 5.82 Å². The van der Waals surface area contributed by atoms with E-state index in [1.54, 1.807) is 30.3 Å². The van der Waals surface area contributed by atoms with E-state index in [2.05, 4.69) is 10.1 Å². The molecule has 2 atom stereocenters. The van der Waals surface area contributed by atoms with Gasteiger partial charge in [0.1, 0.15) is 5.82 Å². The van der Waals surface area contributed by atoms with Crippen molar-refractivity contribution in [1.82, 2.24) is 15.0 Å². The lowest BCUT2D eigenvalue weighted by molar-refractivity contribution is 0.169. The zero-order valence-electron chi connectivity index (χ0n) is 16.7. The lowest BCUT2D eigenvalue weighted by Crippen LogP contribution is -2.24. The molecule has 1 aliphatic rings. The molecule has 1 fully saturated rings. The number of hydrogen-bond donors (Lipinski definition) is 1. The number of rotatable bonds is 6. The summed E-state index contributed by atoms with van der Waals surface area (Å²) in [4.78, 5) is 6.74. The summed E-state index contributed by atoms with van der Waals surface area (Å²) in [6.07, 6.45) is 1.37. The zero-order chi connectivity index (χ0) is 22.2. The molecule has 164 valence electrons. The molecule has 0 bridgehead atoms. The van der Waals surface area contributed by atoms with Gasteiger partial charge in [0.25, 0.3) is 0 Å². The van der Waals surface area contributed by atoms with Gasteiger partial charge in [-0.25, -0.2) is 12.8 Å². The number of aliphatic hydroxyl groups is 1. The summed E-state index contributed by atoms with van der Waals surface area (Å²) in [6.45, 7) is 0.924. The topological polar surface area (TPSA) is 96.5 Å². The van der Waals surface area contributed by atoms with Crippen molar-refractivity contribution in [3.63, 3.8) is 0 Å². The molecule has 31 heavy (non-hydrogen) atoms. The fraction of sp³-hybridized carbons (Fsp3) is 0.333. The number of sulfone groups is 1. The number of aliphatic hydroxyl groups excluding tert-OH is 1. The predicted octanol–water partition coefficient (Wildman–Crippen LogP) is 3.16. The standard InChI is InChI=1S/C21H21ClFN3O4S/c1-31(28,29)17-6-2-13(3-7-17)11-26-12-16(27)10-19(26)21-24-20(25-30-21)8-14-4-5-15(23)9-18(14)22/h2-7,9,16,19,27H,8,10-12H2,1H3/t16-,19+/m1/s1. The van der Waals surface area contributed by atoms with Crippen molar-refractivity contribution in [3.8, 4) is 0 Å². The van der Waals surface area contributed by atoms with Crippen molar-refractivity contribution in [2.45, 2.75) is 36.4 Å². The lowest BCUT2D eigenvalue weighted by Gasteiger charge is -2.21. The van der Waals surface area contributed by atoms with Crippen LogP contribution in [0.5, 0.6) is 0 Å². The van der Waals surface area contributed by atoms with Crippen LogP contribution in [0.4, 0.5) is 4.39 Å². The first-order chi connectivity index (χ1) is 14.7. The Balaban J connectivity index is 1.49. The number of aromatic nitrogens is 2. The molecule has 0 radical (unpaired) electrons. The lowest BCUT2D eigenvalue weighted by atomic mass is 10.1. The molecular weight excluding hydrogens is 445 g/mol. The quantitative estimate of drug-likeness (QED) is 0.597. The Morgan fingerprint density at radius 3 is 2.68 bits per heavy atom. The maximum atomic E-state index is 13.2. The molecule has 0 saturated carbocycles. The largest absolute Gasteiger partial charge is 0.392 e. The molecule has 1 saturated heterocycles. The average Bonchev–Trinajstić information content (AvgIpc) is 3.30. The highest BCUT2D eigenvalue weighted by Crippen LogP contribution is 2.33. The van der Waals surface area contributed by atoms with Gasteiger partial charge in [0.05, 0.1) is 17.0 Å². The molecule has 2 aromatic carbocycles. The fourth-order valence-corrected chi connectivity index (χ4v) is 4.56. The van der Waals surface area contributed by atoms with Gasteiger partial charge in [0, 0.05) is 30.8 Å². The Labute approximate surface area is 184 Å². The first-order valence-corrected chi connectivity index (χ1v) is 11.9. The van der Waals surface area contributed by atoms with Crippen LogP contribution in [-0.4, -0.2) is 47.5 Å². The summed E-state index contributed by atoms with van der Waals surface area (Å²) in [5.41, 5.74) is 1.59. The van der Waals surface area contributed by atoms with Crippen molar-refractivity contribution in [3.05, 3.63) is 76.1 Å². The van der Waals surface area contributed by atoms with Gasteiger partial charge in [-0.3, -0.25) is 4.90 Å². The summed E-state index contributed by atoms with van der Waals surface area (Å²) >= 11 is 6.08. The maximum absolute atomic E-state index is 13.2. The molecular formula is C21H21ClFN3O4S. The molecule has 0 aliphatic carbocycles. The minimum absolute atomic E-state index is 0.259. The summed E-state index contributed by atoms with van der Waals surface area (Å²) in [5, 5.41) is 14.5. The van der Waals surface area contributed by atoms with Crippen LogP contribution >= 0.6 is 11.6 Å². The van der Waals surface area contributed by atoms with Gasteiger partial charge in [0.15, 0.2) is 15.7 Å². The van der Waals surface area contributed by atoms with Crippen LogP contribution in [0.3, 0.4) is 0 Å². The first kappa shape index (κ1) is 21.9. The van der Waals surface area contributed by atoms with Crippen LogP contribution in [0.2, 0.25) is 5.02 Å². The number of nitrogens with zero attached hydrogens (tertiary/aromatic N) is 3. The van der Waals surface area contributed by atoms with E-state index in [-0.39, 0.29) is 10.9 Å². The average molecular weight is 466 g/mol. The minimum Gasteiger partial charge on any atom is -0.392 e. The van der Waals surface area contributed by atoms with Crippen LogP contribution in [0.15, 0.2) is 51.9 Å². The highest BCUT2D eigenvalue weighted by Gasteiger charge is 2.35. The van der Waals surface area contributed by atoms with Gasteiger partial charge in [-0.15, -0.1) is 0 Å². The van der Waals surface area contributed by atoms with E-state index in [1.165, 1.54) is 18.4 Å². The molecule has 0 amide bonds. The van der Waals surface area contributed by atoms with Gasteiger partial charge in [0.2, 0.25) is 5.89 Å². The molecule has 3 aromatic rings. The smallest absolute Gasteiger partial charge is 0.244 e. The van der Waals surface area contributed by atoms with E-state index in [0.29, 0.717) is 48.2 Å². The zero-order valence-corrected chi connectivity index (χ0v) is 18.3. The summed E-state index contributed by atoms with van der Waals surface area (Å²) in [7, 11) is -3.26. The molecule has 10 heteroatoms. The van der Waals surface area contributed by atoms with E-state index in [0.717, 1.165) is 5.56 Å². The van der Waals surface area contributed by atoms with E-state index in [1.807, 2.05) is 4.90 Å². The number of likely N-dealkylation sites (tertiary alicyclic amines) is 1. The van der Waals surface area contributed by atoms with Crippen LogP contribution < -0.4 is 0 Å². The Morgan fingerprint density at radius 1 is 1.26 bits per heavy atom. The predicted molar refractivity (Wildman–Crippen MR) is 112 cm³/mol. The van der Waals surface area contributed by atoms with Gasteiger partial charge < -0.3 is 9.63 Å². The molecule has 1 aliphatic heterocycles. The van der Waals surface area contributed by atoms with Crippen molar-refractivity contribution in [2.75, 3.05) is 12.8 Å². The third-order valence-corrected chi connectivity index (χ3v) is 6.73. The maximum Gasteiger partial charge on any atom is 0.244 e. The van der Waals surface area contributed by atoms with Crippen molar-refractivity contribution >= 4 is 21.4 Å². The fourth-order valence-electron chi connectivity index (χ4n) is 3.70. The number of benzene rings is 2. The molecule has 1 N–H and O–H groups in total. The minimum atomic E-state index is -3.26. The monoisotopic (exact) mass is 465 g/mol. The van der Waals surface area contributed by atoms with Crippen molar-refractivity contribution < 1.29 is 22.4 Å². The molecule has 7 nitrogen and oxygen atoms in total. The van der Waals surface area contributed by atoms with Gasteiger partial charge in [-0.2, -0.15) is 4.98 Å². The Kier molecular flexibility index (Phi) is 6.11. The SMILES string of the molecule is CS(=O)(=O)c1ccc(CN2C[C@H](O)C[C@H]2c2nc(Cc3ccc(F)cc3Cl)no2)cc1. The molecule has 0 unspecified atom stereocenters. The summed E-state index contributed by atoms with van der Waals surface area (Å²) < 4.78 is 42.0. The van der Waals surface area contributed by atoms with E-state index >= 15 is 0 Å². The van der Waals surface area contributed by atoms with Gasteiger partial charge >= 0.3 is 0 Å².